The van der Waals surface area contributed by atoms with Crippen LogP contribution < -0.4 is 5.32 Å². The Hall–Kier alpha value is -0.0800. The van der Waals surface area contributed by atoms with Crippen molar-refractivity contribution in [3.05, 3.63) is 0 Å². The first-order chi connectivity index (χ1) is 8.20. The summed E-state index contributed by atoms with van der Waals surface area (Å²) < 4.78 is 0. The number of hydrogen-bond donors (Lipinski definition) is 1. The molecule has 2 aliphatic rings. The van der Waals surface area contributed by atoms with Crippen molar-refractivity contribution in [1.82, 2.24) is 10.2 Å². The first-order valence-electron chi connectivity index (χ1n) is 7.62. The first-order valence-corrected chi connectivity index (χ1v) is 7.62. The predicted molar refractivity (Wildman–Crippen MR) is 74.2 cm³/mol. The van der Waals surface area contributed by atoms with Crippen LogP contribution in [0.2, 0.25) is 0 Å². The van der Waals surface area contributed by atoms with Crippen molar-refractivity contribution in [2.24, 2.45) is 11.8 Å². The topological polar surface area (TPSA) is 15.3 Å². The van der Waals surface area contributed by atoms with Gasteiger partial charge >= 0.3 is 0 Å². The van der Waals surface area contributed by atoms with Gasteiger partial charge in [-0.1, -0.05) is 19.8 Å². The molecule has 1 N–H and O–H groups in total. The monoisotopic (exact) mass is 238 g/mol. The Labute approximate surface area is 107 Å². The van der Waals surface area contributed by atoms with Crippen molar-refractivity contribution < 1.29 is 0 Å². The third-order valence-electron chi connectivity index (χ3n) is 5.08. The van der Waals surface area contributed by atoms with Crippen LogP contribution >= 0.6 is 0 Å². The van der Waals surface area contributed by atoms with Crippen LogP contribution in [-0.2, 0) is 0 Å². The van der Waals surface area contributed by atoms with Gasteiger partial charge in [0, 0.05) is 18.6 Å². The molecule has 100 valence electrons. The summed E-state index contributed by atoms with van der Waals surface area (Å²) in [6.45, 7) is 7.46. The summed E-state index contributed by atoms with van der Waals surface area (Å²) in [6, 6.07) is 1.57. The molecule has 2 heteroatoms. The van der Waals surface area contributed by atoms with Crippen LogP contribution in [0.3, 0.4) is 0 Å². The Morgan fingerprint density at radius 2 is 2.00 bits per heavy atom. The fourth-order valence-electron chi connectivity index (χ4n) is 3.75. The van der Waals surface area contributed by atoms with Crippen LogP contribution in [0.15, 0.2) is 0 Å². The molecule has 1 saturated heterocycles. The van der Waals surface area contributed by atoms with Crippen molar-refractivity contribution in [3.8, 4) is 0 Å². The number of rotatable bonds is 3. The van der Waals surface area contributed by atoms with E-state index < -0.39 is 0 Å². The Morgan fingerprint density at radius 1 is 1.18 bits per heavy atom. The van der Waals surface area contributed by atoms with E-state index in [0.29, 0.717) is 6.04 Å². The van der Waals surface area contributed by atoms with Gasteiger partial charge < -0.3 is 10.2 Å². The zero-order valence-corrected chi connectivity index (χ0v) is 11.9. The van der Waals surface area contributed by atoms with E-state index >= 15 is 0 Å². The summed E-state index contributed by atoms with van der Waals surface area (Å²) in [4.78, 5) is 2.80. The molecule has 17 heavy (non-hydrogen) atoms. The molecule has 0 spiro atoms. The van der Waals surface area contributed by atoms with E-state index in [1.807, 2.05) is 0 Å². The SMILES string of the molecule is CNC(C)C1CCCN(C2CCCC(C)C2)C1. The highest BCUT2D eigenvalue weighted by Crippen LogP contribution is 2.30. The predicted octanol–water partition coefficient (Wildman–Crippen LogP) is 2.89. The van der Waals surface area contributed by atoms with E-state index in [9.17, 15) is 0 Å². The largest absolute Gasteiger partial charge is 0.317 e. The van der Waals surface area contributed by atoms with Crippen molar-refractivity contribution in [1.29, 1.82) is 0 Å². The number of piperidine rings is 1. The summed E-state index contributed by atoms with van der Waals surface area (Å²) >= 11 is 0. The van der Waals surface area contributed by atoms with Crippen LogP contribution in [-0.4, -0.2) is 37.1 Å². The summed E-state index contributed by atoms with van der Waals surface area (Å²) in [5.74, 6) is 1.82. The van der Waals surface area contributed by atoms with Crippen LogP contribution in [0.1, 0.15) is 52.4 Å². The standard InChI is InChI=1S/C15H30N2/c1-12-6-4-8-15(10-12)17-9-5-7-14(11-17)13(2)16-3/h12-16H,4-11H2,1-3H3. The molecule has 1 aliphatic carbocycles. The van der Waals surface area contributed by atoms with E-state index in [1.165, 1.54) is 51.6 Å². The number of nitrogens with zero attached hydrogens (tertiary/aromatic N) is 1. The highest BCUT2D eigenvalue weighted by molar-refractivity contribution is 4.85. The number of nitrogens with one attached hydrogen (secondary N) is 1. The van der Waals surface area contributed by atoms with Gasteiger partial charge in [0.15, 0.2) is 0 Å². The van der Waals surface area contributed by atoms with E-state index in [0.717, 1.165) is 17.9 Å². The quantitative estimate of drug-likeness (QED) is 0.813. The lowest BCUT2D eigenvalue weighted by Gasteiger charge is -2.42. The van der Waals surface area contributed by atoms with Crippen LogP contribution in [0, 0.1) is 11.8 Å². The van der Waals surface area contributed by atoms with Crippen molar-refractivity contribution in [2.45, 2.75) is 64.5 Å². The highest BCUT2D eigenvalue weighted by Gasteiger charge is 2.30. The normalized spacial score (nSPS) is 37.9. The molecule has 0 aromatic heterocycles. The third kappa shape index (κ3) is 3.45. The van der Waals surface area contributed by atoms with Gasteiger partial charge in [-0.15, -0.1) is 0 Å². The van der Waals surface area contributed by atoms with Gasteiger partial charge in [0.25, 0.3) is 0 Å². The fourth-order valence-corrected chi connectivity index (χ4v) is 3.75. The fraction of sp³-hybridized carbons (Fsp3) is 1.00. The molecule has 1 heterocycles. The maximum atomic E-state index is 3.44. The molecule has 4 unspecified atom stereocenters. The second-order valence-electron chi connectivity index (χ2n) is 6.40. The number of likely N-dealkylation sites (tertiary alicyclic amines) is 1. The molecule has 1 saturated carbocycles. The molecule has 0 radical (unpaired) electrons. The van der Waals surface area contributed by atoms with Gasteiger partial charge in [-0.3, -0.25) is 0 Å². The second-order valence-corrected chi connectivity index (χ2v) is 6.40. The molecule has 2 rings (SSSR count). The third-order valence-corrected chi connectivity index (χ3v) is 5.08. The van der Waals surface area contributed by atoms with E-state index in [-0.39, 0.29) is 0 Å². The van der Waals surface area contributed by atoms with Gasteiger partial charge in [-0.2, -0.15) is 0 Å². The molecule has 1 aliphatic heterocycles. The average molecular weight is 238 g/mol. The summed E-state index contributed by atoms with van der Waals surface area (Å²) in [7, 11) is 2.10. The molecule has 0 aromatic carbocycles. The molecule has 4 atom stereocenters. The lowest BCUT2D eigenvalue weighted by molar-refractivity contribution is 0.0756. The van der Waals surface area contributed by atoms with Crippen molar-refractivity contribution in [2.75, 3.05) is 20.1 Å². The molecule has 2 nitrogen and oxygen atoms in total. The lowest BCUT2D eigenvalue weighted by Crippen LogP contribution is -2.48. The Kier molecular flexibility index (Phi) is 4.87. The zero-order chi connectivity index (χ0) is 12.3. The molecule has 2 fully saturated rings. The molecular weight excluding hydrogens is 208 g/mol. The minimum atomic E-state index is 0.679. The maximum Gasteiger partial charge on any atom is 0.00979 e. The minimum Gasteiger partial charge on any atom is -0.317 e. The molecule has 0 amide bonds. The molecule has 0 bridgehead atoms. The molecule has 0 aromatic rings. The van der Waals surface area contributed by atoms with Crippen molar-refractivity contribution in [3.63, 3.8) is 0 Å². The van der Waals surface area contributed by atoms with Gasteiger partial charge in [0.05, 0.1) is 0 Å². The summed E-state index contributed by atoms with van der Waals surface area (Å²) in [6.07, 6.45) is 8.63. The van der Waals surface area contributed by atoms with E-state index in [2.05, 4.69) is 31.1 Å². The summed E-state index contributed by atoms with van der Waals surface area (Å²) in [5, 5.41) is 3.44. The van der Waals surface area contributed by atoms with Crippen LogP contribution in [0.5, 0.6) is 0 Å². The second kappa shape index (κ2) is 6.19. The van der Waals surface area contributed by atoms with Gasteiger partial charge in [-0.25, -0.2) is 0 Å². The lowest BCUT2D eigenvalue weighted by atomic mass is 9.83. The maximum absolute atomic E-state index is 3.44. The Bertz CT molecular complexity index is 229. The summed E-state index contributed by atoms with van der Waals surface area (Å²) in [5.41, 5.74) is 0. The van der Waals surface area contributed by atoms with E-state index in [4.69, 9.17) is 0 Å². The van der Waals surface area contributed by atoms with Gasteiger partial charge in [0.1, 0.15) is 0 Å². The van der Waals surface area contributed by atoms with Crippen LogP contribution in [0.4, 0.5) is 0 Å². The zero-order valence-electron chi connectivity index (χ0n) is 11.9. The Morgan fingerprint density at radius 3 is 2.71 bits per heavy atom. The minimum absolute atomic E-state index is 0.679. The van der Waals surface area contributed by atoms with Crippen LogP contribution in [0.25, 0.3) is 0 Å². The van der Waals surface area contributed by atoms with Crippen molar-refractivity contribution >= 4 is 0 Å². The smallest absolute Gasteiger partial charge is 0.00979 e. The van der Waals surface area contributed by atoms with E-state index in [1.54, 1.807) is 0 Å². The highest BCUT2D eigenvalue weighted by atomic mass is 15.2. The number of hydrogen-bond acceptors (Lipinski definition) is 2. The molecular formula is C15H30N2. The Balaban J connectivity index is 1.87. The van der Waals surface area contributed by atoms with Gasteiger partial charge in [0.2, 0.25) is 0 Å². The average Bonchev–Trinajstić information content (AvgIpc) is 2.38. The first kappa shape index (κ1) is 13.4. The van der Waals surface area contributed by atoms with Gasteiger partial charge in [-0.05, 0) is 58.0 Å².